The van der Waals surface area contributed by atoms with E-state index >= 15 is 0 Å². The third-order valence-corrected chi connectivity index (χ3v) is 3.13. The molecule has 15 heavy (non-hydrogen) atoms. The van der Waals surface area contributed by atoms with Crippen LogP contribution >= 0.6 is 23.2 Å². The van der Waals surface area contributed by atoms with E-state index < -0.39 is 6.10 Å². The van der Waals surface area contributed by atoms with E-state index in [1.165, 1.54) is 0 Å². The number of hydrogen-bond acceptors (Lipinski definition) is 2. The molecule has 2 atom stereocenters. The van der Waals surface area contributed by atoms with E-state index in [0.717, 1.165) is 6.42 Å². The summed E-state index contributed by atoms with van der Waals surface area (Å²) in [6.45, 7) is 2.42. The summed E-state index contributed by atoms with van der Waals surface area (Å²) in [5.41, 5.74) is 6.23. The molecule has 0 aromatic heterocycles. The Morgan fingerprint density at radius 2 is 2.07 bits per heavy atom. The first-order valence-electron chi connectivity index (χ1n) is 4.93. The lowest BCUT2D eigenvalue weighted by molar-refractivity contribution is 0.110. The Labute approximate surface area is 100.0 Å². The highest BCUT2D eigenvalue weighted by atomic mass is 35.5. The fourth-order valence-corrected chi connectivity index (χ4v) is 1.92. The van der Waals surface area contributed by atoms with Crippen molar-refractivity contribution >= 4 is 23.2 Å². The minimum Gasteiger partial charge on any atom is -0.388 e. The van der Waals surface area contributed by atoms with Crippen LogP contribution in [0.25, 0.3) is 0 Å². The van der Waals surface area contributed by atoms with Crippen LogP contribution < -0.4 is 5.73 Å². The highest BCUT2D eigenvalue weighted by Crippen LogP contribution is 2.31. The molecule has 1 aromatic rings. The molecule has 0 aliphatic heterocycles. The highest BCUT2D eigenvalue weighted by molar-refractivity contribution is 6.33. The van der Waals surface area contributed by atoms with Gasteiger partial charge in [0.15, 0.2) is 0 Å². The number of benzene rings is 1. The first kappa shape index (κ1) is 12.8. The Hall–Kier alpha value is -0.280. The quantitative estimate of drug-likeness (QED) is 0.860. The average molecular weight is 248 g/mol. The molecule has 1 rings (SSSR count). The zero-order valence-electron chi connectivity index (χ0n) is 8.58. The molecule has 1 aromatic carbocycles. The number of aliphatic hydroxyl groups excluding tert-OH is 1. The van der Waals surface area contributed by atoms with Gasteiger partial charge in [0.25, 0.3) is 0 Å². The van der Waals surface area contributed by atoms with Gasteiger partial charge >= 0.3 is 0 Å². The van der Waals surface area contributed by atoms with Crippen LogP contribution in [0.1, 0.15) is 25.0 Å². The molecule has 2 nitrogen and oxygen atoms in total. The SMILES string of the molecule is CCC(CN)C(O)c1cc(Cl)ccc1Cl. The van der Waals surface area contributed by atoms with Gasteiger partial charge in [0.05, 0.1) is 6.10 Å². The van der Waals surface area contributed by atoms with Gasteiger partial charge in [-0.05, 0) is 31.2 Å². The summed E-state index contributed by atoms with van der Waals surface area (Å²) in [5.74, 6) is 0.0148. The van der Waals surface area contributed by atoms with Crippen molar-refractivity contribution < 1.29 is 5.11 Å². The van der Waals surface area contributed by atoms with E-state index in [0.29, 0.717) is 22.2 Å². The molecule has 0 amide bonds. The van der Waals surface area contributed by atoms with E-state index in [1.807, 2.05) is 6.92 Å². The molecule has 0 heterocycles. The molecule has 0 bridgehead atoms. The van der Waals surface area contributed by atoms with Crippen LogP contribution in [-0.2, 0) is 0 Å². The van der Waals surface area contributed by atoms with Gasteiger partial charge in [-0.25, -0.2) is 0 Å². The zero-order chi connectivity index (χ0) is 11.4. The molecule has 3 N–H and O–H groups in total. The van der Waals surface area contributed by atoms with Crippen LogP contribution in [0.5, 0.6) is 0 Å². The minimum atomic E-state index is -0.647. The molecule has 4 heteroatoms. The van der Waals surface area contributed by atoms with Crippen molar-refractivity contribution in [3.05, 3.63) is 33.8 Å². The van der Waals surface area contributed by atoms with Crippen molar-refractivity contribution in [1.29, 1.82) is 0 Å². The first-order valence-corrected chi connectivity index (χ1v) is 5.68. The summed E-state index contributed by atoms with van der Waals surface area (Å²) >= 11 is 11.8. The zero-order valence-corrected chi connectivity index (χ0v) is 10.1. The lowest BCUT2D eigenvalue weighted by Crippen LogP contribution is -2.21. The maximum absolute atomic E-state index is 10.1. The fraction of sp³-hybridized carbons (Fsp3) is 0.455. The van der Waals surface area contributed by atoms with Crippen molar-refractivity contribution in [2.75, 3.05) is 6.54 Å². The topological polar surface area (TPSA) is 46.2 Å². The van der Waals surface area contributed by atoms with Gasteiger partial charge in [-0.2, -0.15) is 0 Å². The maximum atomic E-state index is 10.1. The highest BCUT2D eigenvalue weighted by Gasteiger charge is 2.20. The van der Waals surface area contributed by atoms with E-state index in [9.17, 15) is 5.11 Å². The monoisotopic (exact) mass is 247 g/mol. The maximum Gasteiger partial charge on any atom is 0.0845 e. The second kappa shape index (κ2) is 5.71. The van der Waals surface area contributed by atoms with Crippen LogP contribution in [0.2, 0.25) is 10.0 Å². The summed E-state index contributed by atoms with van der Waals surface area (Å²) in [7, 11) is 0. The average Bonchev–Trinajstić information content (AvgIpc) is 2.23. The summed E-state index contributed by atoms with van der Waals surface area (Å²) < 4.78 is 0. The van der Waals surface area contributed by atoms with Gasteiger partial charge in [-0.3, -0.25) is 0 Å². The smallest absolute Gasteiger partial charge is 0.0845 e. The van der Waals surface area contributed by atoms with Crippen LogP contribution in [0.4, 0.5) is 0 Å². The van der Waals surface area contributed by atoms with Crippen molar-refractivity contribution in [3.8, 4) is 0 Å². The Bertz CT molecular complexity index is 326. The summed E-state index contributed by atoms with van der Waals surface area (Å²) in [5, 5.41) is 11.2. The van der Waals surface area contributed by atoms with Crippen LogP contribution in [0, 0.1) is 5.92 Å². The number of hydrogen-bond donors (Lipinski definition) is 2. The Kier molecular flexibility index (Phi) is 4.87. The normalized spacial score (nSPS) is 15.0. The number of aliphatic hydroxyl groups is 1. The Morgan fingerprint density at radius 1 is 1.40 bits per heavy atom. The molecule has 0 fully saturated rings. The van der Waals surface area contributed by atoms with E-state index in [-0.39, 0.29) is 5.92 Å². The molecule has 0 aliphatic rings. The predicted octanol–water partition coefficient (Wildman–Crippen LogP) is 3.01. The van der Waals surface area contributed by atoms with E-state index in [4.69, 9.17) is 28.9 Å². The van der Waals surface area contributed by atoms with Crippen molar-refractivity contribution in [3.63, 3.8) is 0 Å². The van der Waals surface area contributed by atoms with Gasteiger partial charge in [-0.15, -0.1) is 0 Å². The van der Waals surface area contributed by atoms with E-state index in [2.05, 4.69) is 0 Å². The number of nitrogens with two attached hydrogens (primary N) is 1. The van der Waals surface area contributed by atoms with Gasteiger partial charge in [0.1, 0.15) is 0 Å². The molecule has 0 spiro atoms. The summed E-state index contributed by atoms with van der Waals surface area (Å²) in [4.78, 5) is 0. The van der Waals surface area contributed by atoms with Gasteiger partial charge < -0.3 is 10.8 Å². The van der Waals surface area contributed by atoms with Crippen LogP contribution in [0.15, 0.2) is 18.2 Å². The van der Waals surface area contributed by atoms with Gasteiger partial charge in [-0.1, -0.05) is 30.1 Å². The van der Waals surface area contributed by atoms with E-state index in [1.54, 1.807) is 18.2 Å². The summed E-state index contributed by atoms with van der Waals surface area (Å²) in [6, 6.07) is 5.07. The Balaban J connectivity index is 2.98. The molecular weight excluding hydrogens is 233 g/mol. The van der Waals surface area contributed by atoms with Gasteiger partial charge in [0.2, 0.25) is 0 Å². The second-order valence-corrected chi connectivity index (χ2v) is 4.36. The lowest BCUT2D eigenvalue weighted by Gasteiger charge is -2.21. The lowest BCUT2D eigenvalue weighted by atomic mass is 9.93. The van der Waals surface area contributed by atoms with Crippen molar-refractivity contribution in [2.45, 2.75) is 19.4 Å². The minimum absolute atomic E-state index is 0.0148. The van der Waals surface area contributed by atoms with Crippen molar-refractivity contribution in [1.82, 2.24) is 0 Å². The standard InChI is InChI=1S/C11H15Cl2NO/c1-2-7(6-14)11(15)9-5-8(12)3-4-10(9)13/h3-5,7,11,15H,2,6,14H2,1H3. The van der Waals surface area contributed by atoms with Crippen molar-refractivity contribution in [2.24, 2.45) is 11.7 Å². The third-order valence-electron chi connectivity index (χ3n) is 2.55. The molecule has 0 aliphatic carbocycles. The number of halogens is 2. The van der Waals surface area contributed by atoms with Crippen LogP contribution in [0.3, 0.4) is 0 Å². The molecule has 0 saturated carbocycles. The molecular formula is C11H15Cl2NO. The fourth-order valence-electron chi connectivity index (χ4n) is 1.51. The molecule has 0 radical (unpaired) electrons. The molecule has 84 valence electrons. The van der Waals surface area contributed by atoms with Gasteiger partial charge in [0, 0.05) is 21.5 Å². The van der Waals surface area contributed by atoms with Crippen LogP contribution in [-0.4, -0.2) is 11.7 Å². The second-order valence-electron chi connectivity index (χ2n) is 3.51. The molecule has 2 unspecified atom stereocenters. The first-order chi connectivity index (χ1) is 7.10. The number of rotatable bonds is 4. The molecule has 0 saturated heterocycles. The largest absolute Gasteiger partial charge is 0.388 e. The predicted molar refractivity (Wildman–Crippen MR) is 64.3 cm³/mol. The summed E-state index contributed by atoms with van der Waals surface area (Å²) in [6.07, 6.45) is 0.159. The third kappa shape index (κ3) is 3.08. The Morgan fingerprint density at radius 3 is 2.60 bits per heavy atom.